The summed E-state index contributed by atoms with van der Waals surface area (Å²) in [7, 11) is 2.10. The predicted molar refractivity (Wildman–Crippen MR) is 94.0 cm³/mol. The van der Waals surface area contributed by atoms with Crippen molar-refractivity contribution in [1.82, 2.24) is 15.5 Å². The summed E-state index contributed by atoms with van der Waals surface area (Å²) in [5, 5.41) is 5.77. The van der Waals surface area contributed by atoms with Crippen molar-refractivity contribution in [3.63, 3.8) is 0 Å². The van der Waals surface area contributed by atoms with Crippen molar-refractivity contribution >= 4 is 6.03 Å². The van der Waals surface area contributed by atoms with E-state index in [1.54, 1.807) is 0 Å². The van der Waals surface area contributed by atoms with Crippen LogP contribution in [0.5, 0.6) is 0 Å². The van der Waals surface area contributed by atoms with Crippen LogP contribution in [-0.4, -0.2) is 24.5 Å². The van der Waals surface area contributed by atoms with E-state index in [9.17, 15) is 4.79 Å². The molecule has 4 heteroatoms. The van der Waals surface area contributed by atoms with Crippen LogP contribution in [0.25, 0.3) is 0 Å². The molecule has 122 valence electrons. The molecule has 0 aliphatic heterocycles. The van der Waals surface area contributed by atoms with Crippen molar-refractivity contribution in [1.29, 1.82) is 0 Å². The lowest BCUT2D eigenvalue weighted by atomic mass is 10.1. The van der Waals surface area contributed by atoms with Crippen LogP contribution in [-0.2, 0) is 19.6 Å². The van der Waals surface area contributed by atoms with Crippen molar-refractivity contribution in [2.75, 3.05) is 13.6 Å². The summed E-state index contributed by atoms with van der Waals surface area (Å²) in [5.41, 5.74) is 3.47. The number of nitrogens with zero attached hydrogens (tertiary/aromatic N) is 1. The van der Waals surface area contributed by atoms with Crippen LogP contribution < -0.4 is 10.6 Å². The molecule has 0 radical (unpaired) electrons. The van der Waals surface area contributed by atoms with Crippen LogP contribution in [0.4, 0.5) is 4.79 Å². The molecule has 0 fully saturated rings. The zero-order valence-electron chi connectivity index (χ0n) is 13.9. The highest BCUT2D eigenvalue weighted by molar-refractivity contribution is 5.73. The number of amides is 2. The molecule has 2 aromatic rings. The monoisotopic (exact) mass is 311 g/mol. The highest BCUT2D eigenvalue weighted by Crippen LogP contribution is 2.07. The van der Waals surface area contributed by atoms with Crippen LogP contribution in [0.15, 0.2) is 54.6 Å². The van der Waals surface area contributed by atoms with E-state index in [0.717, 1.165) is 24.2 Å². The highest BCUT2D eigenvalue weighted by Gasteiger charge is 2.03. The van der Waals surface area contributed by atoms with Gasteiger partial charge in [-0.3, -0.25) is 0 Å². The number of carbonyl (C=O) groups excluding carboxylic acids is 1. The van der Waals surface area contributed by atoms with Gasteiger partial charge in [-0.1, -0.05) is 61.5 Å². The molecule has 0 unspecified atom stereocenters. The second-order valence-electron chi connectivity index (χ2n) is 5.67. The van der Waals surface area contributed by atoms with Crippen LogP contribution in [0, 0.1) is 0 Å². The molecule has 0 saturated carbocycles. The second kappa shape index (κ2) is 8.96. The van der Waals surface area contributed by atoms with E-state index in [1.165, 1.54) is 5.56 Å². The van der Waals surface area contributed by atoms with E-state index in [4.69, 9.17) is 0 Å². The Kier molecular flexibility index (Phi) is 6.63. The van der Waals surface area contributed by atoms with Gasteiger partial charge >= 0.3 is 6.03 Å². The standard InChI is InChI=1S/C19H25N3O/c1-3-22(2)15-18-11-7-10-17(12-18)14-21-19(23)20-13-16-8-5-4-6-9-16/h4-12H,3,13-15H2,1-2H3,(H2,20,21,23). The van der Waals surface area contributed by atoms with E-state index in [-0.39, 0.29) is 6.03 Å². The van der Waals surface area contributed by atoms with Gasteiger partial charge in [0.1, 0.15) is 0 Å². The Labute approximate surface area is 138 Å². The van der Waals surface area contributed by atoms with E-state index in [0.29, 0.717) is 13.1 Å². The largest absolute Gasteiger partial charge is 0.334 e. The Balaban J connectivity index is 1.78. The number of benzene rings is 2. The number of hydrogen-bond acceptors (Lipinski definition) is 2. The molecule has 0 bridgehead atoms. The topological polar surface area (TPSA) is 44.4 Å². The summed E-state index contributed by atoms with van der Waals surface area (Å²) in [5.74, 6) is 0. The van der Waals surface area contributed by atoms with Crippen LogP contribution in [0.3, 0.4) is 0 Å². The Morgan fingerprint density at radius 1 is 0.913 bits per heavy atom. The maximum Gasteiger partial charge on any atom is 0.315 e. The quantitative estimate of drug-likeness (QED) is 0.825. The zero-order chi connectivity index (χ0) is 16.5. The molecule has 2 aromatic carbocycles. The molecular formula is C19H25N3O. The molecule has 0 heterocycles. The van der Waals surface area contributed by atoms with Crippen molar-refractivity contribution in [2.24, 2.45) is 0 Å². The minimum atomic E-state index is -0.148. The molecule has 4 nitrogen and oxygen atoms in total. The minimum Gasteiger partial charge on any atom is -0.334 e. The number of carbonyl (C=O) groups is 1. The van der Waals surface area contributed by atoms with Gasteiger partial charge < -0.3 is 15.5 Å². The molecule has 0 aliphatic rings. The summed E-state index contributed by atoms with van der Waals surface area (Å²) in [6.07, 6.45) is 0. The Morgan fingerprint density at radius 2 is 1.52 bits per heavy atom. The number of nitrogens with one attached hydrogen (secondary N) is 2. The second-order valence-corrected chi connectivity index (χ2v) is 5.67. The van der Waals surface area contributed by atoms with Gasteiger partial charge in [0.2, 0.25) is 0 Å². The van der Waals surface area contributed by atoms with Gasteiger partial charge in [0, 0.05) is 19.6 Å². The van der Waals surface area contributed by atoms with Crippen molar-refractivity contribution < 1.29 is 4.79 Å². The molecular weight excluding hydrogens is 286 g/mol. The number of hydrogen-bond donors (Lipinski definition) is 2. The fourth-order valence-electron chi connectivity index (χ4n) is 2.28. The zero-order valence-corrected chi connectivity index (χ0v) is 13.9. The maximum atomic E-state index is 11.9. The first-order valence-electron chi connectivity index (χ1n) is 7.99. The van der Waals surface area contributed by atoms with Gasteiger partial charge in [0.25, 0.3) is 0 Å². The Morgan fingerprint density at radius 3 is 2.22 bits per heavy atom. The van der Waals surface area contributed by atoms with Gasteiger partial charge in [0.05, 0.1) is 0 Å². The predicted octanol–water partition coefficient (Wildman–Crippen LogP) is 3.14. The Bertz CT molecular complexity index is 613. The fraction of sp³-hybridized carbons (Fsp3) is 0.316. The first-order valence-corrected chi connectivity index (χ1v) is 7.99. The lowest BCUT2D eigenvalue weighted by molar-refractivity contribution is 0.240. The average Bonchev–Trinajstić information content (AvgIpc) is 2.59. The molecule has 2 amide bonds. The van der Waals surface area contributed by atoms with E-state index < -0.39 is 0 Å². The van der Waals surface area contributed by atoms with E-state index >= 15 is 0 Å². The lowest BCUT2D eigenvalue weighted by Crippen LogP contribution is -2.34. The minimum absolute atomic E-state index is 0.148. The third-order valence-corrected chi connectivity index (χ3v) is 3.73. The van der Waals surface area contributed by atoms with Crippen LogP contribution >= 0.6 is 0 Å². The van der Waals surface area contributed by atoms with Gasteiger partial charge in [-0.15, -0.1) is 0 Å². The van der Waals surface area contributed by atoms with Crippen LogP contribution in [0.1, 0.15) is 23.6 Å². The summed E-state index contributed by atoms with van der Waals surface area (Å²) < 4.78 is 0. The van der Waals surface area contributed by atoms with Gasteiger partial charge in [-0.25, -0.2) is 4.79 Å². The van der Waals surface area contributed by atoms with Gasteiger partial charge in [-0.2, -0.15) is 0 Å². The summed E-state index contributed by atoms with van der Waals surface area (Å²) in [4.78, 5) is 14.1. The highest BCUT2D eigenvalue weighted by atomic mass is 16.2. The summed E-state index contributed by atoms with van der Waals surface area (Å²) in [6.45, 7) is 5.15. The maximum absolute atomic E-state index is 11.9. The summed E-state index contributed by atoms with van der Waals surface area (Å²) in [6, 6.07) is 18.1. The van der Waals surface area contributed by atoms with Crippen molar-refractivity contribution in [3.8, 4) is 0 Å². The average molecular weight is 311 g/mol. The molecule has 2 N–H and O–H groups in total. The molecule has 23 heavy (non-hydrogen) atoms. The molecule has 0 spiro atoms. The lowest BCUT2D eigenvalue weighted by Gasteiger charge is -2.14. The van der Waals surface area contributed by atoms with E-state index in [2.05, 4.69) is 41.6 Å². The molecule has 0 aliphatic carbocycles. The van der Waals surface area contributed by atoms with Crippen molar-refractivity contribution in [2.45, 2.75) is 26.6 Å². The summed E-state index contributed by atoms with van der Waals surface area (Å²) >= 11 is 0. The first-order chi connectivity index (χ1) is 11.2. The number of urea groups is 1. The Hall–Kier alpha value is -2.33. The molecule has 0 atom stereocenters. The molecule has 0 aromatic heterocycles. The fourth-order valence-corrected chi connectivity index (χ4v) is 2.28. The van der Waals surface area contributed by atoms with E-state index in [1.807, 2.05) is 42.5 Å². The SMILES string of the molecule is CCN(C)Cc1cccc(CNC(=O)NCc2ccccc2)c1. The van der Waals surface area contributed by atoms with Crippen molar-refractivity contribution in [3.05, 3.63) is 71.3 Å². The first kappa shape index (κ1) is 17.0. The van der Waals surface area contributed by atoms with Gasteiger partial charge in [0.15, 0.2) is 0 Å². The smallest absolute Gasteiger partial charge is 0.315 e. The van der Waals surface area contributed by atoms with Gasteiger partial charge in [-0.05, 0) is 30.3 Å². The normalized spacial score (nSPS) is 10.6. The molecule has 0 saturated heterocycles. The third kappa shape index (κ3) is 6.12. The van der Waals surface area contributed by atoms with Crippen LogP contribution in [0.2, 0.25) is 0 Å². The molecule has 2 rings (SSSR count). The third-order valence-electron chi connectivity index (χ3n) is 3.73. The number of rotatable bonds is 7.